The van der Waals surface area contributed by atoms with Gasteiger partial charge in [0.05, 0.1) is 19.8 Å². The van der Waals surface area contributed by atoms with Gasteiger partial charge in [-0.1, -0.05) is 49.4 Å². The molecule has 0 aliphatic heterocycles. The van der Waals surface area contributed by atoms with E-state index >= 15 is 0 Å². The minimum Gasteiger partial charge on any atom is -0.497 e. The molecule has 0 aliphatic rings. The van der Waals surface area contributed by atoms with Crippen molar-refractivity contribution in [3.05, 3.63) is 95.2 Å². The summed E-state index contributed by atoms with van der Waals surface area (Å²) in [7, 11) is 7.05. The summed E-state index contributed by atoms with van der Waals surface area (Å²) in [6.07, 6.45) is 2.57. The van der Waals surface area contributed by atoms with E-state index in [4.69, 9.17) is 14.2 Å². The van der Waals surface area contributed by atoms with Crippen LogP contribution in [0.2, 0.25) is 0 Å². The third-order valence-corrected chi connectivity index (χ3v) is 5.28. The van der Waals surface area contributed by atoms with Crippen molar-refractivity contribution in [2.45, 2.75) is 20.0 Å². The molecule has 3 aromatic rings. The van der Waals surface area contributed by atoms with E-state index in [1.54, 1.807) is 14.2 Å². The average molecular weight is 446 g/mol. The van der Waals surface area contributed by atoms with E-state index < -0.39 is 0 Å². The van der Waals surface area contributed by atoms with Crippen molar-refractivity contribution in [2.75, 3.05) is 28.3 Å². The molecular formula is C28H31NO4. The van der Waals surface area contributed by atoms with Gasteiger partial charge in [-0.3, -0.25) is 4.79 Å². The molecular weight excluding hydrogens is 414 g/mol. The van der Waals surface area contributed by atoms with Gasteiger partial charge in [0.25, 0.3) is 0 Å². The lowest BCUT2D eigenvalue weighted by Gasteiger charge is -2.18. The van der Waals surface area contributed by atoms with Crippen molar-refractivity contribution < 1.29 is 19.0 Å². The second kappa shape index (κ2) is 11.2. The number of rotatable bonds is 10. The largest absolute Gasteiger partial charge is 0.497 e. The lowest BCUT2D eigenvalue weighted by Crippen LogP contribution is -2.12. The molecule has 0 fully saturated rings. The zero-order valence-electron chi connectivity index (χ0n) is 19.9. The minimum absolute atomic E-state index is 0.116. The Labute approximate surface area is 196 Å². The number of nitrogens with zero attached hydrogens (tertiary/aromatic N) is 1. The Hall–Kier alpha value is -3.73. The summed E-state index contributed by atoms with van der Waals surface area (Å²) in [5.41, 5.74) is 3.85. The van der Waals surface area contributed by atoms with Crippen LogP contribution in [0.25, 0.3) is 5.57 Å². The van der Waals surface area contributed by atoms with E-state index in [9.17, 15) is 4.79 Å². The van der Waals surface area contributed by atoms with Crippen LogP contribution in [0.4, 0.5) is 0 Å². The molecule has 0 spiro atoms. The van der Waals surface area contributed by atoms with Crippen molar-refractivity contribution in [1.29, 1.82) is 0 Å². The van der Waals surface area contributed by atoms with Crippen molar-refractivity contribution in [2.24, 2.45) is 0 Å². The van der Waals surface area contributed by atoms with Gasteiger partial charge in [0.15, 0.2) is 5.78 Å². The number of hydrogen-bond acceptors (Lipinski definition) is 5. The highest BCUT2D eigenvalue weighted by Gasteiger charge is 2.22. The summed E-state index contributed by atoms with van der Waals surface area (Å²) in [6.45, 7) is 2.39. The second-order valence-corrected chi connectivity index (χ2v) is 7.85. The van der Waals surface area contributed by atoms with Gasteiger partial charge in [0, 0.05) is 31.9 Å². The summed E-state index contributed by atoms with van der Waals surface area (Å²) in [6, 6.07) is 21.1. The smallest absolute Gasteiger partial charge is 0.198 e. The highest BCUT2D eigenvalue weighted by Crippen LogP contribution is 2.34. The van der Waals surface area contributed by atoms with E-state index in [2.05, 4.69) is 0 Å². The van der Waals surface area contributed by atoms with Gasteiger partial charge in [-0.05, 0) is 41.3 Å². The Bertz CT molecular complexity index is 1100. The third kappa shape index (κ3) is 5.95. The van der Waals surface area contributed by atoms with E-state index in [0.717, 1.165) is 28.9 Å². The van der Waals surface area contributed by atoms with E-state index in [-0.39, 0.29) is 5.78 Å². The highest BCUT2D eigenvalue weighted by atomic mass is 16.5. The molecule has 5 nitrogen and oxygen atoms in total. The molecule has 0 unspecified atom stereocenters. The van der Waals surface area contributed by atoms with Crippen LogP contribution in [0.1, 0.15) is 34.0 Å². The van der Waals surface area contributed by atoms with Crippen LogP contribution in [0.5, 0.6) is 17.2 Å². The summed E-state index contributed by atoms with van der Waals surface area (Å²) in [5.74, 6) is 1.82. The Morgan fingerprint density at radius 3 is 2.18 bits per heavy atom. The van der Waals surface area contributed by atoms with Crippen molar-refractivity contribution >= 4 is 11.4 Å². The Morgan fingerprint density at radius 1 is 0.909 bits per heavy atom. The summed E-state index contributed by atoms with van der Waals surface area (Å²) in [5, 5.41) is 0. The maximum absolute atomic E-state index is 13.9. The van der Waals surface area contributed by atoms with E-state index in [1.807, 2.05) is 98.8 Å². The predicted octanol–water partition coefficient (Wildman–Crippen LogP) is 5.63. The maximum Gasteiger partial charge on any atom is 0.198 e. The third-order valence-electron chi connectivity index (χ3n) is 5.28. The van der Waals surface area contributed by atoms with Crippen molar-refractivity contribution in [3.63, 3.8) is 0 Å². The number of Topliss-reactive ketones (excluding diaryl/α,β-unsaturated/α-hetero) is 1. The summed E-state index contributed by atoms with van der Waals surface area (Å²) in [4.78, 5) is 15.8. The first-order valence-corrected chi connectivity index (χ1v) is 10.9. The molecule has 3 rings (SSSR count). The Morgan fingerprint density at radius 2 is 1.61 bits per heavy atom. The molecule has 172 valence electrons. The molecule has 33 heavy (non-hydrogen) atoms. The van der Waals surface area contributed by atoms with Gasteiger partial charge in [-0.15, -0.1) is 0 Å². The van der Waals surface area contributed by atoms with Gasteiger partial charge in [-0.25, -0.2) is 0 Å². The topological polar surface area (TPSA) is 48.0 Å². The van der Waals surface area contributed by atoms with Crippen LogP contribution < -0.4 is 14.2 Å². The number of hydrogen-bond donors (Lipinski definition) is 0. The van der Waals surface area contributed by atoms with Gasteiger partial charge in [0.1, 0.15) is 23.9 Å². The molecule has 5 heteroatoms. The monoisotopic (exact) mass is 445 g/mol. The Balaban J connectivity index is 2.06. The van der Waals surface area contributed by atoms with Crippen LogP contribution in [-0.4, -0.2) is 39.0 Å². The SMILES string of the molecule is CCc1cc(C(=O)C(=CN(C)C)c2ccc(OC)cc2)c(OCc2ccccc2)cc1OC. The molecule has 0 heterocycles. The zero-order valence-corrected chi connectivity index (χ0v) is 19.9. The highest BCUT2D eigenvalue weighted by molar-refractivity contribution is 6.29. The quantitative estimate of drug-likeness (QED) is 0.299. The normalized spacial score (nSPS) is 11.1. The van der Waals surface area contributed by atoms with Crippen molar-refractivity contribution in [3.8, 4) is 17.2 Å². The molecule has 0 aromatic heterocycles. The number of carbonyl (C=O) groups is 1. The molecule has 0 radical (unpaired) electrons. The number of ether oxygens (including phenoxy) is 3. The van der Waals surface area contributed by atoms with Gasteiger partial charge in [0.2, 0.25) is 0 Å². The fourth-order valence-corrected chi connectivity index (χ4v) is 3.54. The number of carbonyl (C=O) groups excluding carboxylic acids is 1. The maximum atomic E-state index is 13.9. The molecule has 0 atom stereocenters. The standard InChI is InChI=1S/C28H31NO4/c1-6-21-16-24(27(17-26(21)32-5)33-19-20-10-8-7-9-11-20)28(30)25(18-29(2)3)22-12-14-23(31-4)15-13-22/h7-18H,6,19H2,1-5H3. The number of ketones is 1. The first kappa shape index (κ1) is 23.9. The second-order valence-electron chi connectivity index (χ2n) is 7.85. The first-order chi connectivity index (χ1) is 16.0. The lowest BCUT2D eigenvalue weighted by atomic mass is 9.94. The zero-order chi connectivity index (χ0) is 23.8. The van der Waals surface area contributed by atoms with Crippen molar-refractivity contribution in [1.82, 2.24) is 4.90 Å². The number of methoxy groups -OCH3 is 2. The minimum atomic E-state index is -0.116. The number of allylic oxidation sites excluding steroid dienone is 1. The Kier molecular flexibility index (Phi) is 8.14. The molecule has 0 aliphatic carbocycles. The first-order valence-electron chi connectivity index (χ1n) is 10.9. The number of aryl methyl sites for hydroxylation is 1. The molecule has 3 aromatic carbocycles. The van der Waals surface area contributed by atoms with Crippen LogP contribution in [-0.2, 0) is 13.0 Å². The van der Waals surface area contributed by atoms with Crippen LogP contribution in [0, 0.1) is 0 Å². The molecule has 0 bridgehead atoms. The molecule has 0 saturated heterocycles. The molecule has 0 N–H and O–H groups in total. The predicted molar refractivity (Wildman–Crippen MR) is 132 cm³/mol. The average Bonchev–Trinajstić information content (AvgIpc) is 2.85. The van der Waals surface area contributed by atoms with Gasteiger partial charge >= 0.3 is 0 Å². The summed E-state index contributed by atoms with van der Waals surface area (Å²) < 4.78 is 17.0. The lowest BCUT2D eigenvalue weighted by molar-refractivity contribution is 0.105. The fraction of sp³-hybridized carbons (Fsp3) is 0.250. The van der Waals surface area contributed by atoms with Crippen LogP contribution in [0.15, 0.2) is 72.9 Å². The summed E-state index contributed by atoms with van der Waals surface area (Å²) >= 11 is 0. The van der Waals surface area contributed by atoms with Crippen LogP contribution in [0.3, 0.4) is 0 Å². The van der Waals surface area contributed by atoms with Gasteiger partial charge < -0.3 is 19.1 Å². The van der Waals surface area contributed by atoms with Crippen LogP contribution >= 0.6 is 0 Å². The van der Waals surface area contributed by atoms with E-state index in [0.29, 0.717) is 29.2 Å². The van der Waals surface area contributed by atoms with E-state index in [1.165, 1.54) is 0 Å². The van der Waals surface area contributed by atoms with Gasteiger partial charge in [-0.2, -0.15) is 0 Å². The molecule has 0 saturated carbocycles. The number of benzene rings is 3. The fourth-order valence-electron chi connectivity index (χ4n) is 3.54. The molecule has 0 amide bonds.